The summed E-state index contributed by atoms with van der Waals surface area (Å²) < 4.78 is 32.0. The van der Waals surface area contributed by atoms with Gasteiger partial charge in [-0.05, 0) is 37.5 Å². The Labute approximate surface area is 111 Å². The van der Waals surface area contributed by atoms with Gasteiger partial charge < -0.3 is 15.2 Å². The van der Waals surface area contributed by atoms with E-state index in [4.69, 9.17) is 4.74 Å². The average Bonchev–Trinajstić information content (AvgIpc) is 2.88. The molecule has 3 nitrogen and oxygen atoms in total. The van der Waals surface area contributed by atoms with Gasteiger partial charge in [0.25, 0.3) is 0 Å². The van der Waals surface area contributed by atoms with Crippen LogP contribution in [0.1, 0.15) is 25.3 Å². The molecule has 0 amide bonds. The number of rotatable bonds is 5. The van der Waals surface area contributed by atoms with Crippen molar-refractivity contribution in [2.45, 2.75) is 31.4 Å². The second-order valence-electron chi connectivity index (χ2n) is 5.16. The third-order valence-electron chi connectivity index (χ3n) is 3.56. The molecule has 2 atom stereocenters. The zero-order chi connectivity index (χ0) is 13.9. The van der Waals surface area contributed by atoms with Crippen LogP contribution >= 0.6 is 0 Å². The van der Waals surface area contributed by atoms with Gasteiger partial charge in [-0.3, -0.25) is 0 Å². The first-order chi connectivity index (χ1) is 9.03. The third kappa shape index (κ3) is 3.49. The quantitative estimate of drug-likeness (QED) is 0.860. The minimum absolute atomic E-state index is 0.101. The number of hydrogen-bond acceptors (Lipinski definition) is 3. The number of aliphatic hydroxyl groups is 1. The lowest BCUT2D eigenvalue weighted by Crippen LogP contribution is -2.46. The maximum atomic E-state index is 13.3. The molecule has 2 N–H and O–H groups in total. The van der Waals surface area contributed by atoms with E-state index in [1.807, 2.05) is 0 Å². The Morgan fingerprint density at radius 3 is 2.58 bits per heavy atom. The van der Waals surface area contributed by atoms with E-state index in [2.05, 4.69) is 5.32 Å². The summed E-state index contributed by atoms with van der Waals surface area (Å²) in [7, 11) is 0. The van der Waals surface area contributed by atoms with E-state index < -0.39 is 17.2 Å². The van der Waals surface area contributed by atoms with Crippen LogP contribution in [0.2, 0.25) is 0 Å². The van der Waals surface area contributed by atoms with Crippen molar-refractivity contribution in [3.05, 3.63) is 35.4 Å². The van der Waals surface area contributed by atoms with Crippen molar-refractivity contribution in [2.24, 2.45) is 0 Å². The van der Waals surface area contributed by atoms with E-state index in [-0.39, 0.29) is 12.7 Å². The molecule has 106 valence electrons. The monoisotopic (exact) mass is 271 g/mol. The number of ether oxygens (including phenoxy) is 1. The van der Waals surface area contributed by atoms with Crippen LogP contribution in [0.15, 0.2) is 18.2 Å². The van der Waals surface area contributed by atoms with E-state index in [0.29, 0.717) is 12.1 Å². The van der Waals surface area contributed by atoms with Gasteiger partial charge in [0, 0.05) is 19.2 Å². The van der Waals surface area contributed by atoms with Gasteiger partial charge in [-0.1, -0.05) is 0 Å². The predicted molar refractivity (Wildman–Crippen MR) is 67.8 cm³/mol. The largest absolute Gasteiger partial charge is 0.394 e. The Morgan fingerprint density at radius 1 is 1.37 bits per heavy atom. The zero-order valence-electron chi connectivity index (χ0n) is 11.0. The van der Waals surface area contributed by atoms with Crippen molar-refractivity contribution in [1.29, 1.82) is 0 Å². The summed E-state index contributed by atoms with van der Waals surface area (Å²) in [5.41, 5.74) is -0.486. The van der Waals surface area contributed by atoms with Crippen LogP contribution in [0.3, 0.4) is 0 Å². The molecular formula is C14H19F2NO2. The summed E-state index contributed by atoms with van der Waals surface area (Å²) in [4.78, 5) is 0. The Morgan fingerprint density at radius 2 is 2.05 bits per heavy atom. The normalized spacial score (nSPS) is 22.4. The fourth-order valence-corrected chi connectivity index (χ4v) is 2.27. The van der Waals surface area contributed by atoms with Gasteiger partial charge in [0.15, 0.2) is 0 Å². The molecule has 0 saturated carbocycles. The van der Waals surface area contributed by atoms with E-state index in [1.54, 1.807) is 6.92 Å². The van der Waals surface area contributed by atoms with Gasteiger partial charge in [-0.15, -0.1) is 0 Å². The van der Waals surface area contributed by atoms with E-state index >= 15 is 0 Å². The Hall–Kier alpha value is -1.04. The van der Waals surface area contributed by atoms with Gasteiger partial charge in [0.05, 0.1) is 18.2 Å². The van der Waals surface area contributed by atoms with Crippen LogP contribution in [-0.4, -0.2) is 31.0 Å². The molecule has 5 heteroatoms. The molecule has 0 bridgehead atoms. The van der Waals surface area contributed by atoms with Crippen LogP contribution in [0.5, 0.6) is 0 Å². The predicted octanol–water partition coefficient (Wildman–Crippen LogP) is 1.94. The van der Waals surface area contributed by atoms with E-state index in [1.165, 1.54) is 12.1 Å². The Kier molecular flexibility index (Phi) is 4.50. The molecule has 1 heterocycles. The van der Waals surface area contributed by atoms with Crippen LogP contribution in [-0.2, 0) is 10.3 Å². The average molecular weight is 271 g/mol. The van der Waals surface area contributed by atoms with Gasteiger partial charge in [-0.25, -0.2) is 8.78 Å². The van der Waals surface area contributed by atoms with E-state index in [9.17, 15) is 13.9 Å². The van der Waals surface area contributed by atoms with Crippen molar-refractivity contribution in [2.75, 3.05) is 19.8 Å². The highest BCUT2D eigenvalue weighted by atomic mass is 19.1. The summed E-state index contributed by atoms with van der Waals surface area (Å²) in [6.07, 6.45) is 2.09. The van der Waals surface area contributed by atoms with Crippen molar-refractivity contribution < 1.29 is 18.6 Å². The van der Waals surface area contributed by atoms with Gasteiger partial charge >= 0.3 is 0 Å². The third-order valence-corrected chi connectivity index (χ3v) is 3.56. The molecule has 1 fully saturated rings. The Bertz CT molecular complexity index is 415. The number of halogens is 2. The molecule has 0 spiro atoms. The van der Waals surface area contributed by atoms with Crippen LogP contribution in [0.25, 0.3) is 0 Å². The summed E-state index contributed by atoms with van der Waals surface area (Å²) >= 11 is 0. The summed E-state index contributed by atoms with van der Waals surface area (Å²) in [5.74, 6) is -1.29. The molecule has 2 unspecified atom stereocenters. The first-order valence-corrected chi connectivity index (χ1v) is 6.47. The van der Waals surface area contributed by atoms with E-state index in [0.717, 1.165) is 25.5 Å². The molecule has 1 saturated heterocycles. The van der Waals surface area contributed by atoms with Crippen molar-refractivity contribution >= 4 is 0 Å². The molecule has 1 aliphatic heterocycles. The van der Waals surface area contributed by atoms with Crippen LogP contribution < -0.4 is 5.32 Å². The fourth-order valence-electron chi connectivity index (χ4n) is 2.27. The number of benzene rings is 1. The van der Waals surface area contributed by atoms with Crippen molar-refractivity contribution in [1.82, 2.24) is 5.32 Å². The van der Waals surface area contributed by atoms with Crippen molar-refractivity contribution in [3.63, 3.8) is 0 Å². The second kappa shape index (κ2) is 5.94. The molecule has 19 heavy (non-hydrogen) atoms. The maximum Gasteiger partial charge on any atom is 0.126 e. The minimum Gasteiger partial charge on any atom is -0.394 e. The van der Waals surface area contributed by atoms with Crippen LogP contribution in [0.4, 0.5) is 8.78 Å². The molecule has 1 aromatic rings. The Balaban J connectivity index is 2.10. The molecule has 1 aromatic carbocycles. The molecule has 2 rings (SSSR count). The zero-order valence-corrected chi connectivity index (χ0v) is 11.0. The SMILES string of the molecule is CC(CO)(NCC1CCCO1)c1cc(F)cc(F)c1. The maximum absolute atomic E-state index is 13.3. The number of nitrogens with one attached hydrogen (secondary N) is 1. The lowest BCUT2D eigenvalue weighted by molar-refractivity contribution is 0.0909. The summed E-state index contributed by atoms with van der Waals surface area (Å²) in [6, 6.07) is 3.30. The second-order valence-corrected chi connectivity index (χ2v) is 5.16. The van der Waals surface area contributed by atoms with Gasteiger partial charge in [-0.2, -0.15) is 0 Å². The first-order valence-electron chi connectivity index (χ1n) is 6.47. The first kappa shape index (κ1) is 14.4. The topological polar surface area (TPSA) is 41.5 Å². The number of hydrogen-bond donors (Lipinski definition) is 2. The lowest BCUT2D eigenvalue weighted by Gasteiger charge is -2.30. The highest BCUT2D eigenvalue weighted by Crippen LogP contribution is 2.23. The number of aliphatic hydroxyl groups excluding tert-OH is 1. The summed E-state index contributed by atoms with van der Waals surface area (Å²) in [6.45, 7) is 2.77. The molecule has 1 aliphatic rings. The van der Waals surface area contributed by atoms with Crippen LogP contribution in [0, 0.1) is 11.6 Å². The lowest BCUT2D eigenvalue weighted by atomic mass is 9.92. The molecule has 0 radical (unpaired) electrons. The highest BCUT2D eigenvalue weighted by Gasteiger charge is 2.28. The standard InChI is InChI=1S/C14H19F2NO2/c1-14(9-18,17-8-13-3-2-4-19-13)10-5-11(15)7-12(16)6-10/h5-7,13,17-18H,2-4,8-9H2,1H3. The molecule has 0 aromatic heterocycles. The smallest absolute Gasteiger partial charge is 0.126 e. The van der Waals surface area contributed by atoms with Gasteiger partial charge in [0.1, 0.15) is 11.6 Å². The fraction of sp³-hybridized carbons (Fsp3) is 0.571. The van der Waals surface area contributed by atoms with Crippen molar-refractivity contribution in [3.8, 4) is 0 Å². The molecular weight excluding hydrogens is 252 g/mol. The highest BCUT2D eigenvalue weighted by molar-refractivity contribution is 5.25. The summed E-state index contributed by atoms with van der Waals surface area (Å²) in [5, 5.41) is 12.7. The minimum atomic E-state index is -0.880. The molecule has 0 aliphatic carbocycles. The van der Waals surface area contributed by atoms with Gasteiger partial charge in [0.2, 0.25) is 0 Å².